The van der Waals surface area contributed by atoms with Crippen molar-refractivity contribution in [1.82, 2.24) is 5.32 Å². The van der Waals surface area contributed by atoms with E-state index in [4.69, 9.17) is 16.3 Å². The third-order valence-electron chi connectivity index (χ3n) is 5.02. The van der Waals surface area contributed by atoms with Gasteiger partial charge in [0.05, 0.1) is 18.2 Å². The van der Waals surface area contributed by atoms with Crippen LogP contribution < -0.4 is 15.0 Å². The van der Waals surface area contributed by atoms with Crippen molar-refractivity contribution in [2.75, 3.05) is 18.6 Å². The fourth-order valence-corrected chi connectivity index (χ4v) is 3.56. The summed E-state index contributed by atoms with van der Waals surface area (Å²) < 4.78 is 18.7. The first-order valence-corrected chi connectivity index (χ1v) is 9.65. The minimum Gasteiger partial charge on any atom is -0.504 e. The summed E-state index contributed by atoms with van der Waals surface area (Å²) in [5, 5.41) is 13.3. The molecule has 5 nitrogen and oxygen atoms in total. The molecule has 2 aromatic rings. The van der Waals surface area contributed by atoms with E-state index in [0.717, 1.165) is 18.4 Å². The normalized spacial score (nSPS) is 17.8. The number of hydrogen-bond acceptors (Lipinski definition) is 4. The third kappa shape index (κ3) is 4.56. The van der Waals surface area contributed by atoms with Crippen LogP contribution in [-0.2, 0) is 11.2 Å². The molecule has 28 heavy (non-hydrogen) atoms. The van der Waals surface area contributed by atoms with E-state index in [1.54, 1.807) is 23.1 Å². The van der Waals surface area contributed by atoms with Crippen molar-refractivity contribution in [2.45, 2.75) is 38.3 Å². The van der Waals surface area contributed by atoms with E-state index in [2.05, 4.69) is 5.32 Å². The first kappa shape index (κ1) is 20.4. The average molecular weight is 407 g/mol. The highest BCUT2D eigenvalue weighted by atomic mass is 35.5. The minimum absolute atomic E-state index is 0.0447. The molecule has 0 unspecified atom stereocenters. The summed E-state index contributed by atoms with van der Waals surface area (Å²) in [5.74, 6) is -0.0159. The topological polar surface area (TPSA) is 61.8 Å². The Kier molecular flexibility index (Phi) is 6.42. The van der Waals surface area contributed by atoms with Crippen LogP contribution in [0.15, 0.2) is 36.4 Å². The number of methoxy groups -OCH3 is 1. The predicted octanol–water partition coefficient (Wildman–Crippen LogP) is 3.91. The predicted molar refractivity (Wildman–Crippen MR) is 108 cm³/mol. The smallest absolute Gasteiger partial charge is 0.244 e. The average Bonchev–Trinajstić information content (AvgIpc) is 3.03. The number of aromatic hydroxyl groups is 1. The number of amides is 1. The van der Waals surface area contributed by atoms with Crippen molar-refractivity contribution < 1.29 is 19.0 Å². The molecule has 3 rings (SSSR count). The fraction of sp³-hybridized carbons (Fsp3) is 0.381. The number of halogens is 2. The van der Waals surface area contributed by atoms with Crippen molar-refractivity contribution in [1.29, 1.82) is 0 Å². The number of carbonyl (C=O) groups is 1. The number of ether oxygens (including phenoxy) is 1. The molecule has 0 aliphatic carbocycles. The zero-order chi connectivity index (χ0) is 20.3. The monoisotopic (exact) mass is 406 g/mol. The maximum absolute atomic E-state index is 13.7. The highest BCUT2D eigenvalue weighted by Crippen LogP contribution is 2.28. The van der Waals surface area contributed by atoms with Gasteiger partial charge in [0, 0.05) is 18.3 Å². The molecule has 2 atom stereocenters. The Hall–Kier alpha value is -2.31. The first-order valence-electron chi connectivity index (χ1n) is 9.27. The molecule has 1 aliphatic rings. The number of nitrogens with one attached hydrogen (secondary N) is 1. The number of phenols is 1. The summed E-state index contributed by atoms with van der Waals surface area (Å²) in [5.41, 5.74) is 1.53. The largest absolute Gasteiger partial charge is 0.504 e. The fourth-order valence-electron chi connectivity index (χ4n) is 3.44. The Bertz CT molecular complexity index is 862. The van der Waals surface area contributed by atoms with Crippen LogP contribution in [-0.4, -0.2) is 36.8 Å². The number of nitrogens with zero attached hydrogens (tertiary/aromatic N) is 1. The highest BCUT2D eigenvalue weighted by Gasteiger charge is 2.33. The van der Waals surface area contributed by atoms with Crippen LogP contribution in [0.1, 0.15) is 25.3 Å². The molecule has 2 N–H and O–H groups in total. The Morgan fingerprint density at radius 2 is 2.14 bits per heavy atom. The summed E-state index contributed by atoms with van der Waals surface area (Å²) in [6.45, 7) is 2.57. The second-order valence-electron chi connectivity index (χ2n) is 7.04. The molecule has 7 heteroatoms. The first-order chi connectivity index (χ1) is 13.4. The number of hydrogen-bond donors (Lipinski definition) is 2. The van der Waals surface area contributed by atoms with Gasteiger partial charge in [-0.1, -0.05) is 17.7 Å². The summed E-state index contributed by atoms with van der Waals surface area (Å²) in [6, 6.07) is 9.59. The lowest BCUT2D eigenvalue weighted by atomic mass is 10.0. The molecule has 0 radical (unpaired) electrons. The van der Waals surface area contributed by atoms with Crippen LogP contribution in [0.2, 0.25) is 5.02 Å². The minimum atomic E-state index is -0.528. The van der Waals surface area contributed by atoms with Crippen molar-refractivity contribution >= 4 is 23.2 Å². The second kappa shape index (κ2) is 8.80. The van der Waals surface area contributed by atoms with E-state index in [9.17, 15) is 14.3 Å². The summed E-state index contributed by atoms with van der Waals surface area (Å²) in [7, 11) is 1.51. The maximum Gasteiger partial charge on any atom is 0.244 e. The van der Waals surface area contributed by atoms with Crippen molar-refractivity contribution in [3.63, 3.8) is 0 Å². The standard InChI is InChI=1S/C21H24ClFN2O3/c1-13(3-4-14-5-8-20(28-2)19(26)11-14)24-18-9-10-25(21(18)27)15-6-7-16(22)17(23)12-15/h5-8,11-13,18,24,26H,3-4,9-10H2,1-2H3/t13-,18+/m0/s1. The second-order valence-corrected chi connectivity index (χ2v) is 7.45. The van der Waals surface area contributed by atoms with E-state index in [0.29, 0.717) is 24.4 Å². The molecule has 1 fully saturated rings. The maximum atomic E-state index is 13.7. The van der Waals surface area contributed by atoms with E-state index in [-0.39, 0.29) is 28.8 Å². The molecule has 150 valence electrons. The molecule has 1 amide bonds. The molecule has 1 heterocycles. The highest BCUT2D eigenvalue weighted by molar-refractivity contribution is 6.30. The van der Waals surface area contributed by atoms with Crippen LogP contribution in [0.25, 0.3) is 0 Å². The van der Waals surface area contributed by atoms with Crippen LogP contribution >= 0.6 is 11.6 Å². The van der Waals surface area contributed by atoms with Gasteiger partial charge in [0.15, 0.2) is 11.5 Å². The quantitative estimate of drug-likeness (QED) is 0.731. The lowest BCUT2D eigenvalue weighted by molar-refractivity contribution is -0.119. The van der Waals surface area contributed by atoms with Gasteiger partial charge in [-0.05, 0) is 62.1 Å². The van der Waals surface area contributed by atoms with Gasteiger partial charge >= 0.3 is 0 Å². The molecule has 0 bridgehead atoms. The molecular formula is C21H24ClFN2O3. The molecular weight excluding hydrogens is 383 g/mol. The number of rotatable bonds is 7. The molecule has 0 aromatic heterocycles. The van der Waals surface area contributed by atoms with E-state index >= 15 is 0 Å². The van der Waals surface area contributed by atoms with Crippen LogP contribution in [0.5, 0.6) is 11.5 Å². The zero-order valence-electron chi connectivity index (χ0n) is 15.9. The van der Waals surface area contributed by atoms with Crippen LogP contribution in [0.4, 0.5) is 10.1 Å². The van der Waals surface area contributed by atoms with Gasteiger partial charge in [0.2, 0.25) is 5.91 Å². The van der Waals surface area contributed by atoms with E-state index < -0.39 is 5.82 Å². The molecule has 1 aliphatic heterocycles. The zero-order valence-corrected chi connectivity index (χ0v) is 16.7. The lowest BCUT2D eigenvalue weighted by Crippen LogP contribution is -2.42. The number of carbonyl (C=O) groups excluding carboxylic acids is 1. The lowest BCUT2D eigenvalue weighted by Gasteiger charge is -2.20. The summed E-state index contributed by atoms with van der Waals surface area (Å²) in [4.78, 5) is 14.3. The van der Waals surface area contributed by atoms with Gasteiger partial charge in [0.25, 0.3) is 0 Å². The van der Waals surface area contributed by atoms with Gasteiger partial charge in [-0.3, -0.25) is 4.79 Å². The van der Waals surface area contributed by atoms with Crippen LogP contribution in [0.3, 0.4) is 0 Å². The van der Waals surface area contributed by atoms with E-state index in [1.165, 1.54) is 19.2 Å². The van der Waals surface area contributed by atoms with Gasteiger partial charge in [-0.15, -0.1) is 0 Å². The SMILES string of the molecule is COc1ccc(CC[C@H](C)N[C@@H]2CCN(c3ccc(Cl)c(F)c3)C2=O)cc1O. The molecule has 1 saturated heterocycles. The third-order valence-corrected chi connectivity index (χ3v) is 5.32. The summed E-state index contributed by atoms with van der Waals surface area (Å²) in [6.07, 6.45) is 2.24. The van der Waals surface area contributed by atoms with Crippen molar-refractivity contribution in [2.24, 2.45) is 0 Å². The van der Waals surface area contributed by atoms with Crippen molar-refractivity contribution in [3.8, 4) is 11.5 Å². The van der Waals surface area contributed by atoms with Gasteiger partial charge in [-0.2, -0.15) is 0 Å². The Morgan fingerprint density at radius 1 is 1.36 bits per heavy atom. The number of phenolic OH excluding ortho intramolecular Hbond substituents is 1. The molecule has 0 spiro atoms. The summed E-state index contributed by atoms with van der Waals surface area (Å²) >= 11 is 5.72. The number of anilines is 1. The number of benzene rings is 2. The van der Waals surface area contributed by atoms with Gasteiger partial charge < -0.3 is 20.1 Å². The Morgan fingerprint density at radius 3 is 2.82 bits per heavy atom. The van der Waals surface area contributed by atoms with Gasteiger partial charge in [0.1, 0.15) is 5.82 Å². The Balaban J connectivity index is 1.54. The van der Waals surface area contributed by atoms with Crippen molar-refractivity contribution in [3.05, 3.63) is 52.8 Å². The van der Waals surface area contributed by atoms with E-state index in [1.807, 2.05) is 13.0 Å². The molecule has 0 saturated carbocycles. The number of aryl methyl sites for hydroxylation is 1. The Labute approximate surface area is 169 Å². The van der Waals surface area contributed by atoms with Crippen LogP contribution in [0, 0.1) is 5.82 Å². The van der Waals surface area contributed by atoms with Gasteiger partial charge in [-0.25, -0.2) is 4.39 Å². The molecule has 2 aromatic carbocycles.